The Labute approximate surface area is 116 Å². The first-order chi connectivity index (χ1) is 9.63. The van der Waals surface area contributed by atoms with Crippen LogP contribution in [0.4, 0.5) is 5.82 Å². The topological polar surface area (TPSA) is 75.1 Å². The normalized spacial score (nSPS) is 21.2. The lowest BCUT2D eigenvalue weighted by molar-refractivity contribution is -0.140. The first-order valence-electron chi connectivity index (χ1n) is 6.54. The predicted molar refractivity (Wildman–Crippen MR) is 76.6 cm³/mol. The molecular weight excluding hydrogens is 254 g/mol. The first-order valence-corrected chi connectivity index (χ1v) is 6.54. The van der Waals surface area contributed by atoms with Gasteiger partial charge in [0.15, 0.2) is 0 Å². The average molecular weight is 269 g/mol. The summed E-state index contributed by atoms with van der Waals surface area (Å²) in [6.07, 6.45) is 4.15. The zero-order valence-electron chi connectivity index (χ0n) is 11.1. The van der Waals surface area contributed by atoms with Gasteiger partial charge in [0.05, 0.1) is 22.6 Å². The van der Waals surface area contributed by atoms with E-state index in [0.29, 0.717) is 12.2 Å². The fourth-order valence-electron chi connectivity index (χ4n) is 2.39. The number of carboxylic acid groups (broad SMARTS) is 1. The Hall–Kier alpha value is -2.43. The van der Waals surface area contributed by atoms with Crippen molar-refractivity contribution in [3.63, 3.8) is 0 Å². The number of aromatic nitrogens is 2. The van der Waals surface area contributed by atoms with Crippen LogP contribution in [0.2, 0.25) is 0 Å². The molecule has 0 spiro atoms. The minimum atomic E-state index is -0.785. The number of nitrogens with zero attached hydrogens (tertiary/aromatic N) is 2. The summed E-state index contributed by atoms with van der Waals surface area (Å²) in [5.74, 6) is -0.488. The largest absolute Gasteiger partial charge is 0.481 e. The van der Waals surface area contributed by atoms with Gasteiger partial charge in [-0.2, -0.15) is 0 Å². The summed E-state index contributed by atoms with van der Waals surface area (Å²) in [4.78, 5) is 20.0. The van der Waals surface area contributed by atoms with E-state index in [2.05, 4.69) is 15.3 Å². The van der Waals surface area contributed by atoms with Crippen molar-refractivity contribution in [1.82, 2.24) is 9.97 Å². The third-order valence-electron chi connectivity index (χ3n) is 3.47. The molecule has 0 fully saturated rings. The van der Waals surface area contributed by atoms with E-state index in [1.807, 2.05) is 37.3 Å². The predicted octanol–water partition coefficient (Wildman–Crippen LogP) is 2.38. The minimum Gasteiger partial charge on any atom is -0.481 e. The molecule has 20 heavy (non-hydrogen) atoms. The van der Waals surface area contributed by atoms with Crippen LogP contribution in [-0.4, -0.2) is 27.1 Å². The summed E-state index contributed by atoms with van der Waals surface area (Å²) in [5, 5.41) is 12.2. The number of aryl methyl sites for hydroxylation is 1. The molecule has 1 aliphatic rings. The second-order valence-corrected chi connectivity index (χ2v) is 4.96. The summed E-state index contributed by atoms with van der Waals surface area (Å²) in [6.45, 7) is 1.90. The second-order valence-electron chi connectivity index (χ2n) is 4.96. The third-order valence-corrected chi connectivity index (χ3v) is 3.47. The number of hydrogen-bond acceptors (Lipinski definition) is 4. The number of aliphatic carboxylic acids is 1. The number of nitrogens with one attached hydrogen (secondary N) is 1. The number of rotatable bonds is 3. The van der Waals surface area contributed by atoms with E-state index in [4.69, 9.17) is 5.11 Å². The molecule has 0 aliphatic heterocycles. The number of benzene rings is 1. The zero-order chi connectivity index (χ0) is 14.1. The fraction of sp³-hybridized carbons (Fsp3) is 0.267. The maximum Gasteiger partial charge on any atom is 0.310 e. The smallest absolute Gasteiger partial charge is 0.310 e. The number of carbonyl (C=O) groups is 1. The molecule has 0 amide bonds. The van der Waals surface area contributed by atoms with Crippen LogP contribution in [0, 0.1) is 12.8 Å². The molecule has 2 N–H and O–H groups in total. The molecule has 5 heteroatoms. The van der Waals surface area contributed by atoms with Gasteiger partial charge in [-0.15, -0.1) is 0 Å². The summed E-state index contributed by atoms with van der Waals surface area (Å²) in [6, 6.07) is 7.68. The number of anilines is 1. The average Bonchev–Trinajstić information content (AvgIpc) is 2.88. The molecule has 2 unspecified atom stereocenters. The molecule has 1 aliphatic carbocycles. The van der Waals surface area contributed by atoms with Gasteiger partial charge in [-0.05, 0) is 25.5 Å². The molecule has 1 heterocycles. The van der Waals surface area contributed by atoms with Gasteiger partial charge < -0.3 is 10.4 Å². The Balaban J connectivity index is 1.83. The van der Waals surface area contributed by atoms with E-state index in [1.54, 1.807) is 6.08 Å². The van der Waals surface area contributed by atoms with Gasteiger partial charge in [0, 0.05) is 6.04 Å². The highest BCUT2D eigenvalue weighted by Crippen LogP contribution is 2.23. The van der Waals surface area contributed by atoms with Crippen LogP contribution in [0.25, 0.3) is 11.0 Å². The fourth-order valence-corrected chi connectivity index (χ4v) is 2.39. The van der Waals surface area contributed by atoms with Crippen molar-refractivity contribution in [1.29, 1.82) is 0 Å². The van der Waals surface area contributed by atoms with Gasteiger partial charge in [-0.25, -0.2) is 9.97 Å². The van der Waals surface area contributed by atoms with Crippen LogP contribution >= 0.6 is 0 Å². The summed E-state index contributed by atoms with van der Waals surface area (Å²) in [7, 11) is 0. The molecular formula is C15H15N3O2. The molecule has 5 nitrogen and oxygen atoms in total. The van der Waals surface area contributed by atoms with Crippen LogP contribution in [0.1, 0.15) is 12.1 Å². The lowest BCUT2D eigenvalue weighted by Gasteiger charge is -2.14. The molecule has 102 valence electrons. The van der Waals surface area contributed by atoms with Gasteiger partial charge in [0.2, 0.25) is 0 Å². The molecule has 0 bridgehead atoms. The third kappa shape index (κ3) is 2.34. The molecule has 2 atom stereocenters. The van der Waals surface area contributed by atoms with E-state index in [1.165, 1.54) is 0 Å². The van der Waals surface area contributed by atoms with Crippen molar-refractivity contribution < 1.29 is 9.90 Å². The maximum atomic E-state index is 10.9. The van der Waals surface area contributed by atoms with Crippen molar-refractivity contribution >= 4 is 22.8 Å². The Kier molecular flexibility index (Phi) is 3.10. The SMILES string of the molecule is Cc1nc2ccccc2nc1NC1C=CC(C(=O)O)C1. The Morgan fingerprint density at radius 1 is 1.25 bits per heavy atom. The molecule has 0 saturated heterocycles. The van der Waals surface area contributed by atoms with Gasteiger partial charge in [0.25, 0.3) is 0 Å². The van der Waals surface area contributed by atoms with E-state index < -0.39 is 11.9 Å². The van der Waals surface area contributed by atoms with E-state index in [9.17, 15) is 4.79 Å². The Morgan fingerprint density at radius 3 is 2.60 bits per heavy atom. The molecule has 2 aromatic rings. The zero-order valence-corrected chi connectivity index (χ0v) is 11.1. The Bertz CT molecular complexity index is 697. The van der Waals surface area contributed by atoms with Crippen molar-refractivity contribution in [2.24, 2.45) is 5.92 Å². The number of fused-ring (bicyclic) bond motifs is 1. The van der Waals surface area contributed by atoms with Crippen molar-refractivity contribution in [3.8, 4) is 0 Å². The van der Waals surface area contributed by atoms with Gasteiger partial charge in [0.1, 0.15) is 5.82 Å². The second kappa shape index (κ2) is 4.92. The van der Waals surface area contributed by atoms with Crippen LogP contribution < -0.4 is 5.32 Å². The van der Waals surface area contributed by atoms with Crippen molar-refractivity contribution in [2.45, 2.75) is 19.4 Å². The number of para-hydroxylation sites is 2. The summed E-state index contributed by atoms with van der Waals surface area (Å²) in [5.41, 5.74) is 2.51. The highest BCUT2D eigenvalue weighted by molar-refractivity contribution is 5.76. The lowest BCUT2D eigenvalue weighted by Crippen LogP contribution is -2.20. The molecule has 0 radical (unpaired) electrons. The van der Waals surface area contributed by atoms with Crippen LogP contribution in [0.3, 0.4) is 0 Å². The molecule has 1 aromatic heterocycles. The van der Waals surface area contributed by atoms with Crippen LogP contribution in [0.5, 0.6) is 0 Å². The highest BCUT2D eigenvalue weighted by Gasteiger charge is 2.24. The van der Waals surface area contributed by atoms with Gasteiger partial charge in [-0.1, -0.05) is 24.3 Å². The summed E-state index contributed by atoms with van der Waals surface area (Å²) < 4.78 is 0. The first kappa shape index (κ1) is 12.6. The van der Waals surface area contributed by atoms with Crippen molar-refractivity contribution in [3.05, 3.63) is 42.1 Å². The minimum absolute atomic E-state index is 0.00902. The number of hydrogen-bond donors (Lipinski definition) is 2. The maximum absolute atomic E-state index is 10.9. The Morgan fingerprint density at radius 2 is 1.95 bits per heavy atom. The van der Waals surface area contributed by atoms with Crippen LogP contribution in [0.15, 0.2) is 36.4 Å². The van der Waals surface area contributed by atoms with Gasteiger partial charge in [-0.3, -0.25) is 4.79 Å². The van der Waals surface area contributed by atoms with E-state index in [0.717, 1.165) is 16.7 Å². The van der Waals surface area contributed by atoms with Crippen LogP contribution in [-0.2, 0) is 4.79 Å². The lowest BCUT2D eigenvalue weighted by atomic mass is 10.1. The molecule has 1 aromatic carbocycles. The standard InChI is InChI=1S/C15H15N3O2/c1-9-14(17-11-7-6-10(8-11)15(19)20)18-13-5-3-2-4-12(13)16-9/h2-7,10-11H,8H2,1H3,(H,17,18)(H,19,20). The van der Waals surface area contributed by atoms with Gasteiger partial charge >= 0.3 is 5.97 Å². The monoisotopic (exact) mass is 269 g/mol. The number of carboxylic acids is 1. The van der Waals surface area contributed by atoms with Crippen molar-refractivity contribution in [2.75, 3.05) is 5.32 Å². The highest BCUT2D eigenvalue weighted by atomic mass is 16.4. The molecule has 3 rings (SSSR count). The summed E-state index contributed by atoms with van der Waals surface area (Å²) >= 11 is 0. The van der Waals surface area contributed by atoms with E-state index in [-0.39, 0.29) is 6.04 Å². The quantitative estimate of drug-likeness (QED) is 0.837. The van der Waals surface area contributed by atoms with E-state index >= 15 is 0 Å². The molecule has 0 saturated carbocycles.